The number of aromatic nitrogens is 1. The fourth-order valence-electron chi connectivity index (χ4n) is 1.09. The summed E-state index contributed by atoms with van der Waals surface area (Å²) in [6, 6.07) is 3.42. The van der Waals surface area contributed by atoms with Crippen molar-refractivity contribution in [3.8, 4) is 0 Å². The number of anilines is 1. The smallest absolute Gasteiger partial charge is 0.241 e. The molecule has 0 saturated heterocycles. The van der Waals surface area contributed by atoms with E-state index in [0.717, 1.165) is 4.47 Å². The van der Waals surface area contributed by atoms with E-state index in [1.54, 1.807) is 39.1 Å². The fourth-order valence-corrected chi connectivity index (χ4v) is 2.50. The zero-order valence-corrected chi connectivity index (χ0v) is 12.1. The van der Waals surface area contributed by atoms with E-state index in [1.165, 1.54) is 11.4 Å². The summed E-state index contributed by atoms with van der Waals surface area (Å²) in [6.07, 6.45) is 1.57. The molecule has 0 saturated carbocycles. The number of pyridine rings is 1. The minimum Gasteiger partial charge on any atom is -0.256 e. The van der Waals surface area contributed by atoms with Crippen molar-refractivity contribution < 1.29 is 8.42 Å². The Morgan fingerprint density at radius 1 is 1.31 bits per heavy atom. The molecule has 0 N–H and O–H groups in total. The highest BCUT2D eigenvalue weighted by Gasteiger charge is 2.33. The van der Waals surface area contributed by atoms with E-state index in [-0.39, 0.29) is 0 Å². The number of sulfonamides is 1. The third kappa shape index (κ3) is 2.55. The van der Waals surface area contributed by atoms with Gasteiger partial charge < -0.3 is 0 Å². The zero-order chi connectivity index (χ0) is 12.6. The van der Waals surface area contributed by atoms with E-state index < -0.39 is 14.8 Å². The molecule has 0 aromatic carbocycles. The van der Waals surface area contributed by atoms with Gasteiger partial charge in [0.2, 0.25) is 10.0 Å². The zero-order valence-electron chi connectivity index (χ0n) is 9.73. The molecule has 1 rings (SSSR count). The van der Waals surface area contributed by atoms with Gasteiger partial charge in [0, 0.05) is 17.7 Å². The van der Waals surface area contributed by atoms with Crippen LogP contribution in [0.2, 0.25) is 0 Å². The summed E-state index contributed by atoms with van der Waals surface area (Å²) in [5.74, 6) is 0.415. The first-order valence-electron chi connectivity index (χ1n) is 4.76. The summed E-state index contributed by atoms with van der Waals surface area (Å²) in [5.41, 5.74) is 0. The maximum absolute atomic E-state index is 12.1. The van der Waals surface area contributed by atoms with Gasteiger partial charge in [-0.3, -0.25) is 4.31 Å². The van der Waals surface area contributed by atoms with Crippen molar-refractivity contribution in [1.82, 2.24) is 4.98 Å². The molecule has 0 aliphatic heterocycles. The lowest BCUT2D eigenvalue weighted by Gasteiger charge is -2.27. The Bertz CT molecular complexity index is 463. The van der Waals surface area contributed by atoms with Crippen LogP contribution in [0.15, 0.2) is 22.8 Å². The first-order valence-corrected chi connectivity index (χ1v) is 6.99. The van der Waals surface area contributed by atoms with Crippen molar-refractivity contribution in [1.29, 1.82) is 0 Å². The lowest BCUT2D eigenvalue weighted by atomic mass is 10.3. The number of halogens is 1. The van der Waals surface area contributed by atoms with Gasteiger partial charge in [-0.25, -0.2) is 13.4 Å². The number of hydrogen-bond donors (Lipinski definition) is 0. The highest BCUT2D eigenvalue weighted by molar-refractivity contribution is 9.10. The van der Waals surface area contributed by atoms with Crippen LogP contribution in [-0.2, 0) is 10.0 Å². The van der Waals surface area contributed by atoms with Gasteiger partial charge in [-0.1, -0.05) is 0 Å². The van der Waals surface area contributed by atoms with Crippen LogP contribution >= 0.6 is 15.9 Å². The fraction of sp³-hybridized carbons (Fsp3) is 0.500. The Balaban J connectivity index is 3.13. The molecule has 0 aliphatic rings. The first kappa shape index (κ1) is 13.4. The van der Waals surface area contributed by atoms with Crippen LogP contribution in [0.4, 0.5) is 5.82 Å². The maximum Gasteiger partial charge on any atom is 0.241 e. The molecular weight excluding hydrogens is 292 g/mol. The third-order valence-electron chi connectivity index (χ3n) is 2.17. The molecule has 90 valence electrons. The summed E-state index contributed by atoms with van der Waals surface area (Å²) in [5, 5.41) is 0. The predicted molar refractivity (Wildman–Crippen MR) is 69.0 cm³/mol. The van der Waals surface area contributed by atoms with Crippen LogP contribution < -0.4 is 4.31 Å². The van der Waals surface area contributed by atoms with Crippen LogP contribution in [-0.4, -0.2) is 25.2 Å². The Morgan fingerprint density at radius 2 is 1.88 bits per heavy atom. The van der Waals surface area contributed by atoms with Crippen LogP contribution in [0.3, 0.4) is 0 Å². The summed E-state index contributed by atoms with van der Waals surface area (Å²) in [7, 11) is -1.88. The molecule has 0 radical (unpaired) electrons. The largest absolute Gasteiger partial charge is 0.256 e. The van der Waals surface area contributed by atoms with Crippen LogP contribution in [0.5, 0.6) is 0 Å². The quantitative estimate of drug-likeness (QED) is 0.843. The molecule has 0 fully saturated rings. The second-order valence-corrected chi connectivity index (χ2v) is 8.06. The molecule has 0 bridgehead atoms. The number of rotatable bonds is 2. The normalized spacial score (nSPS) is 12.6. The van der Waals surface area contributed by atoms with Gasteiger partial charge in [-0.2, -0.15) is 0 Å². The summed E-state index contributed by atoms with van der Waals surface area (Å²) >= 11 is 3.25. The van der Waals surface area contributed by atoms with Crippen molar-refractivity contribution in [2.75, 3.05) is 11.4 Å². The molecule has 0 aliphatic carbocycles. The molecule has 4 nitrogen and oxygen atoms in total. The van der Waals surface area contributed by atoms with E-state index >= 15 is 0 Å². The molecule has 1 aromatic rings. The molecule has 1 aromatic heterocycles. The maximum atomic E-state index is 12.1. The van der Waals surface area contributed by atoms with Gasteiger partial charge >= 0.3 is 0 Å². The predicted octanol–water partition coefficient (Wildman–Crippen LogP) is 2.41. The SMILES string of the molecule is CN(c1ccc(Br)cn1)S(=O)(=O)C(C)(C)C. The minimum absolute atomic E-state index is 0.415. The summed E-state index contributed by atoms with van der Waals surface area (Å²) < 4.78 is 25.4. The average molecular weight is 307 g/mol. The van der Waals surface area contributed by atoms with Crippen LogP contribution in [0.25, 0.3) is 0 Å². The molecule has 16 heavy (non-hydrogen) atoms. The molecule has 1 heterocycles. The molecule has 0 amide bonds. The Morgan fingerprint density at radius 3 is 2.25 bits per heavy atom. The van der Waals surface area contributed by atoms with Crippen molar-refractivity contribution >= 4 is 31.8 Å². The van der Waals surface area contributed by atoms with Crippen molar-refractivity contribution in [2.24, 2.45) is 0 Å². The number of hydrogen-bond acceptors (Lipinski definition) is 3. The van der Waals surface area contributed by atoms with Gasteiger partial charge in [-0.05, 0) is 48.8 Å². The topological polar surface area (TPSA) is 50.3 Å². The van der Waals surface area contributed by atoms with Crippen molar-refractivity contribution in [2.45, 2.75) is 25.5 Å². The summed E-state index contributed by atoms with van der Waals surface area (Å²) in [6.45, 7) is 4.99. The standard InChI is InChI=1S/C10H15BrN2O2S/c1-10(2,3)16(14,15)13(4)9-6-5-8(11)7-12-9/h5-7H,1-4H3. The highest BCUT2D eigenvalue weighted by Crippen LogP contribution is 2.24. The second kappa shape index (κ2) is 4.33. The monoisotopic (exact) mass is 306 g/mol. The van der Waals surface area contributed by atoms with Gasteiger partial charge in [0.25, 0.3) is 0 Å². The Hall–Kier alpha value is -0.620. The molecule has 0 spiro atoms. The van der Waals surface area contributed by atoms with E-state index in [9.17, 15) is 8.42 Å². The summed E-state index contributed by atoms with van der Waals surface area (Å²) in [4.78, 5) is 4.06. The van der Waals surface area contributed by atoms with E-state index in [4.69, 9.17) is 0 Å². The second-order valence-electron chi connectivity index (χ2n) is 4.42. The molecule has 0 unspecified atom stereocenters. The van der Waals surface area contributed by atoms with Gasteiger partial charge in [0.1, 0.15) is 5.82 Å². The van der Waals surface area contributed by atoms with E-state index in [2.05, 4.69) is 20.9 Å². The van der Waals surface area contributed by atoms with E-state index in [0.29, 0.717) is 5.82 Å². The number of nitrogens with zero attached hydrogens (tertiary/aromatic N) is 2. The van der Waals surface area contributed by atoms with Crippen LogP contribution in [0, 0.1) is 0 Å². The average Bonchev–Trinajstić information content (AvgIpc) is 2.16. The van der Waals surface area contributed by atoms with Gasteiger partial charge in [-0.15, -0.1) is 0 Å². The first-order chi connectivity index (χ1) is 7.16. The van der Waals surface area contributed by atoms with Crippen molar-refractivity contribution in [3.05, 3.63) is 22.8 Å². The Kier molecular flexibility index (Phi) is 3.64. The third-order valence-corrected chi connectivity index (χ3v) is 5.09. The van der Waals surface area contributed by atoms with Gasteiger partial charge in [0.05, 0.1) is 4.75 Å². The van der Waals surface area contributed by atoms with Gasteiger partial charge in [0.15, 0.2) is 0 Å². The molecule has 0 atom stereocenters. The lowest BCUT2D eigenvalue weighted by molar-refractivity contribution is 0.558. The van der Waals surface area contributed by atoms with Crippen molar-refractivity contribution in [3.63, 3.8) is 0 Å². The lowest BCUT2D eigenvalue weighted by Crippen LogP contribution is -2.41. The van der Waals surface area contributed by atoms with Crippen LogP contribution in [0.1, 0.15) is 20.8 Å². The molecular formula is C10H15BrN2O2S. The molecule has 6 heteroatoms. The van der Waals surface area contributed by atoms with E-state index in [1.807, 2.05) is 0 Å². The Labute approximate surface area is 105 Å². The highest BCUT2D eigenvalue weighted by atomic mass is 79.9. The minimum atomic E-state index is -3.39.